The molecule has 162 valence electrons. The van der Waals surface area contributed by atoms with E-state index in [1.54, 1.807) is 30.8 Å². The molecule has 0 saturated heterocycles. The number of aryl methyl sites for hydroxylation is 2. The SMILES string of the molecule is Cc1cc(-c2cc(C(C)(C)O)cc3nn(C)cc23)ccc1CN1Cc2ncccc2C1=O. The van der Waals surface area contributed by atoms with Crippen molar-refractivity contribution in [1.82, 2.24) is 19.7 Å². The third-order valence-electron chi connectivity index (χ3n) is 6.21. The number of amides is 1. The summed E-state index contributed by atoms with van der Waals surface area (Å²) >= 11 is 0. The molecule has 0 spiro atoms. The number of rotatable bonds is 4. The summed E-state index contributed by atoms with van der Waals surface area (Å²) in [5, 5.41) is 16.2. The molecular formula is C26H26N4O2. The molecule has 2 aromatic heterocycles. The number of pyridine rings is 1. The van der Waals surface area contributed by atoms with Crippen molar-refractivity contribution in [1.29, 1.82) is 0 Å². The first-order chi connectivity index (χ1) is 15.2. The second-order valence-corrected chi connectivity index (χ2v) is 9.12. The van der Waals surface area contributed by atoms with Gasteiger partial charge >= 0.3 is 0 Å². The molecule has 0 unspecified atom stereocenters. The molecule has 6 heteroatoms. The lowest BCUT2D eigenvalue weighted by molar-refractivity contribution is 0.0764. The molecule has 5 rings (SSSR count). The molecule has 0 atom stereocenters. The first kappa shape index (κ1) is 20.4. The van der Waals surface area contributed by atoms with Crippen LogP contribution < -0.4 is 0 Å². The van der Waals surface area contributed by atoms with Crippen molar-refractivity contribution < 1.29 is 9.90 Å². The van der Waals surface area contributed by atoms with Crippen LogP contribution in [0.25, 0.3) is 22.0 Å². The fourth-order valence-electron chi connectivity index (χ4n) is 4.39. The predicted molar refractivity (Wildman–Crippen MR) is 124 cm³/mol. The predicted octanol–water partition coefficient (Wildman–Crippen LogP) is 4.33. The van der Waals surface area contributed by atoms with E-state index < -0.39 is 5.60 Å². The number of carbonyl (C=O) groups is 1. The lowest BCUT2D eigenvalue weighted by Crippen LogP contribution is -2.23. The molecule has 1 amide bonds. The van der Waals surface area contributed by atoms with E-state index in [9.17, 15) is 9.90 Å². The van der Waals surface area contributed by atoms with E-state index in [1.165, 1.54) is 0 Å². The van der Waals surface area contributed by atoms with E-state index in [0.29, 0.717) is 18.7 Å². The minimum atomic E-state index is -0.964. The van der Waals surface area contributed by atoms with Crippen LogP contribution in [0.3, 0.4) is 0 Å². The van der Waals surface area contributed by atoms with E-state index in [-0.39, 0.29) is 5.91 Å². The first-order valence-electron chi connectivity index (χ1n) is 10.7. The number of nitrogens with zero attached hydrogens (tertiary/aromatic N) is 4. The van der Waals surface area contributed by atoms with Crippen molar-refractivity contribution >= 4 is 16.8 Å². The van der Waals surface area contributed by atoms with Crippen LogP contribution in [-0.4, -0.2) is 30.7 Å². The number of aromatic nitrogens is 3. The van der Waals surface area contributed by atoms with E-state index in [2.05, 4.69) is 35.2 Å². The highest BCUT2D eigenvalue weighted by molar-refractivity contribution is 5.98. The van der Waals surface area contributed by atoms with Gasteiger partial charge in [0.2, 0.25) is 0 Å². The Morgan fingerprint density at radius 2 is 1.94 bits per heavy atom. The maximum atomic E-state index is 12.7. The third kappa shape index (κ3) is 3.46. The third-order valence-corrected chi connectivity index (χ3v) is 6.21. The van der Waals surface area contributed by atoms with Gasteiger partial charge in [0, 0.05) is 31.4 Å². The molecule has 4 aromatic rings. The van der Waals surface area contributed by atoms with Gasteiger partial charge in [-0.25, -0.2) is 0 Å². The van der Waals surface area contributed by atoms with Gasteiger partial charge in [-0.1, -0.05) is 18.2 Å². The van der Waals surface area contributed by atoms with Crippen LogP contribution in [0.2, 0.25) is 0 Å². The summed E-state index contributed by atoms with van der Waals surface area (Å²) in [6, 6.07) is 14.0. The zero-order valence-corrected chi connectivity index (χ0v) is 18.8. The minimum Gasteiger partial charge on any atom is -0.386 e. The Bertz CT molecular complexity index is 1360. The Balaban J connectivity index is 1.50. The van der Waals surface area contributed by atoms with Gasteiger partial charge in [-0.3, -0.25) is 14.5 Å². The molecule has 2 aromatic carbocycles. The molecular weight excluding hydrogens is 400 g/mol. The van der Waals surface area contributed by atoms with Crippen molar-refractivity contribution in [2.45, 2.75) is 39.5 Å². The van der Waals surface area contributed by atoms with Crippen LogP contribution in [0, 0.1) is 6.92 Å². The van der Waals surface area contributed by atoms with Gasteiger partial charge in [0.25, 0.3) is 5.91 Å². The molecule has 1 aliphatic rings. The lowest BCUT2D eigenvalue weighted by atomic mass is 9.91. The molecule has 6 nitrogen and oxygen atoms in total. The number of aliphatic hydroxyl groups is 1. The number of hydrogen-bond donors (Lipinski definition) is 1. The molecule has 1 aliphatic heterocycles. The summed E-state index contributed by atoms with van der Waals surface area (Å²) in [4.78, 5) is 18.9. The van der Waals surface area contributed by atoms with Crippen molar-refractivity contribution in [3.63, 3.8) is 0 Å². The number of fused-ring (bicyclic) bond motifs is 2. The van der Waals surface area contributed by atoms with Gasteiger partial charge in [0.1, 0.15) is 0 Å². The molecule has 3 heterocycles. The van der Waals surface area contributed by atoms with Gasteiger partial charge in [0.05, 0.1) is 28.9 Å². The van der Waals surface area contributed by atoms with E-state index in [4.69, 9.17) is 0 Å². The quantitative estimate of drug-likeness (QED) is 0.527. The van der Waals surface area contributed by atoms with Gasteiger partial charge in [-0.05, 0) is 72.9 Å². The second kappa shape index (κ2) is 7.28. The Kier molecular flexibility index (Phi) is 4.64. The van der Waals surface area contributed by atoms with Crippen molar-refractivity contribution in [3.05, 3.63) is 82.8 Å². The standard InChI is InChI=1S/C26H26N4O2/c1-16-10-17(21-11-19(26(2,3)32)12-23-22(21)14-29(4)28-23)7-8-18(16)13-30-15-24-20(25(30)31)6-5-9-27-24/h5-12,14,32H,13,15H2,1-4H3. The normalized spacial score (nSPS) is 13.8. The van der Waals surface area contributed by atoms with Crippen LogP contribution in [0.15, 0.2) is 54.9 Å². The number of carbonyl (C=O) groups excluding carboxylic acids is 1. The summed E-state index contributed by atoms with van der Waals surface area (Å²) in [6.45, 7) is 6.74. The molecule has 0 radical (unpaired) electrons. The maximum Gasteiger partial charge on any atom is 0.256 e. The van der Waals surface area contributed by atoms with Crippen molar-refractivity contribution in [2.75, 3.05) is 0 Å². The van der Waals surface area contributed by atoms with Gasteiger partial charge in [-0.15, -0.1) is 0 Å². The average molecular weight is 427 g/mol. The van der Waals surface area contributed by atoms with Gasteiger partial charge in [-0.2, -0.15) is 5.10 Å². The lowest BCUT2D eigenvalue weighted by Gasteiger charge is -2.20. The molecule has 0 fully saturated rings. The smallest absolute Gasteiger partial charge is 0.256 e. The van der Waals surface area contributed by atoms with Crippen LogP contribution in [0.4, 0.5) is 0 Å². The number of hydrogen-bond acceptors (Lipinski definition) is 4. The first-order valence-corrected chi connectivity index (χ1v) is 10.7. The molecule has 0 bridgehead atoms. The zero-order valence-electron chi connectivity index (χ0n) is 18.8. The summed E-state index contributed by atoms with van der Waals surface area (Å²) in [6.07, 6.45) is 3.74. The Morgan fingerprint density at radius 1 is 1.12 bits per heavy atom. The number of benzene rings is 2. The topological polar surface area (TPSA) is 71.2 Å². The molecule has 1 N–H and O–H groups in total. The summed E-state index contributed by atoms with van der Waals surface area (Å²) in [7, 11) is 1.90. The van der Waals surface area contributed by atoms with Crippen molar-refractivity contribution in [3.8, 4) is 11.1 Å². The molecule has 0 aliphatic carbocycles. The Labute approximate surface area is 187 Å². The van der Waals surface area contributed by atoms with Gasteiger partial charge < -0.3 is 10.0 Å². The van der Waals surface area contributed by atoms with Crippen LogP contribution >= 0.6 is 0 Å². The van der Waals surface area contributed by atoms with Crippen LogP contribution in [0.5, 0.6) is 0 Å². The van der Waals surface area contributed by atoms with Gasteiger partial charge in [0.15, 0.2) is 0 Å². The Hall–Kier alpha value is -3.51. The highest BCUT2D eigenvalue weighted by Crippen LogP contribution is 2.34. The van der Waals surface area contributed by atoms with Crippen molar-refractivity contribution in [2.24, 2.45) is 7.05 Å². The Morgan fingerprint density at radius 3 is 2.66 bits per heavy atom. The van der Waals surface area contributed by atoms with E-state index >= 15 is 0 Å². The largest absolute Gasteiger partial charge is 0.386 e. The van der Waals surface area contributed by atoms with E-state index in [0.717, 1.165) is 44.4 Å². The molecule has 0 saturated carbocycles. The monoisotopic (exact) mass is 426 g/mol. The summed E-state index contributed by atoms with van der Waals surface area (Å²) < 4.78 is 1.80. The maximum absolute atomic E-state index is 12.7. The van der Waals surface area contributed by atoms with Crippen LogP contribution in [-0.2, 0) is 25.7 Å². The highest BCUT2D eigenvalue weighted by atomic mass is 16.3. The summed E-state index contributed by atoms with van der Waals surface area (Å²) in [5.41, 5.74) is 6.59. The highest BCUT2D eigenvalue weighted by Gasteiger charge is 2.28. The second-order valence-electron chi connectivity index (χ2n) is 9.12. The fraction of sp³-hybridized carbons (Fsp3) is 0.269. The van der Waals surface area contributed by atoms with E-state index in [1.807, 2.05) is 36.3 Å². The fourth-order valence-corrected chi connectivity index (χ4v) is 4.39. The minimum absolute atomic E-state index is 0.0338. The summed E-state index contributed by atoms with van der Waals surface area (Å²) in [5.74, 6) is 0.0338. The average Bonchev–Trinajstić information content (AvgIpc) is 3.27. The molecule has 32 heavy (non-hydrogen) atoms. The zero-order chi connectivity index (χ0) is 22.6. The van der Waals surface area contributed by atoms with Crippen LogP contribution in [0.1, 0.15) is 46.6 Å².